The van der Waals surface area contributed by atoms with Crippen LogP contribution in [0.3, 0.4) is 0 Å². The molecule has 2 amide bonds. The van der Waals surface area contributed by atoms with Crippen molar-refractivity contribution in [2.45, 2.75) is 32.3 Å². The third-order valence-electron chi connectivity index (χ3n) is 3.70. The van der Waals surface area contributed by atoms with Gasteiger partial charge in [-0.25, -0.2) is 0 Å². The van der Waals surface area contributed by atoms with Crippen molar-refractivity contribution in [1.82, 2.24) is 0 Å². The quantitative estimate of drug-likeness (QED) is 0.641. The number of allylic oxidation sites excluding steroid dienone is 2. The minimum absolute atomic E-state index is 0.176. The Bertz CT molecular complexity index is 622. The maximum Gasteiger partial charge on any atom is 0.310 e. The summed E-state index contributed by atoms with van der Waals surface area (Å²) in [5, 5.41) is 2.63. The van der Waals surface area contributed by atoms with Gasteiger partial charge in [0.25, 0.3) is 5.91 Å². The first kappa shape index (κ1) is 16.7. The highest BCUT2D eigenvalue weighted by atomic mass is 16.5. The number of esters is 1. The Morgan fingerprint density at radius 1 is 1.22 bits per heavy atom. The Balaban J connectivity index is 1.88. The summed E-state index contributed by atoms with van der Waals surface area (Å²) in [7, 11) is 0. The van der Waals surface area contributed by atoms with Crippen molar-refractivity contribution in [3.8, 4) is 0 Å². The van der Waals surface area contributed by atoms with Crippen molar-refractivity contribution in [3.05, 3.63) is 42.0 Å². The van der Waals surface area contributed by atoms with E-state index in [1.807, 2.05) is 12.2 Å². The van der Waals surface area contributed by atoms with Gasteiger partial charge >= 0.3 is 5.97 Å². The fourth-order valence-electron chi connectivity index (χ4n) is 2.29. The molecule has 1 aromatic rings. The highest BCUT2D eigenvalue weighted by Gasteiger charge is 2.25. The largest absolute Gasteiger partial charge is 0.452 e. The molecular weight excluding hydrogens is 296 g/mol. The van der Waals surface area contributed by atoms with Crippen LogP contribution in [-0.2, 0) is 14.3 Å². The third-order valence-corrected chi connectivity index (χ3v) is 3.70. The lowest BCUT2D eigenvalue weighted by molar-refractivity contribution is -0.157. The predicted molar refractivity (Wildman–Crippen MR) is 85.6 cm³/mol. The lowest BCUT2D eigenvalue weighted by Crippen LogP contribution is -2.32. The normalized spacial score (nSPS) is 18.0. The number of primary amides is 1. The molecule has 0 heterocycles. The molecule has 0 spiro atoms. The average molecular weight is 316 g/mol. The van der Waals surface area contributed by atoms with Gasteiger partial charge in [0.2, 0.25) is 5.91 Å². The van der Waals surface area contributed by atoms with Crippen molar-refractivity contribution >= 4 is 23.5 Å². The number of hydrogen-bond donors (Lipinski definition) is 2. The van der Waals surface area contributed by atoms with Gasteiger partial charge in [0.15, 0.2) is 6.10 Å². The van der Waals surface area contributed by atoms with E-state index in [4.69, 9.17) is 10.5 Å². The SMILES string of the molecule is C[C@H](OC(=O)[C@H]1CC=CCC1)C(=O)Nc1ccc(C(N)=O)cc1. The molecule has 0 unspecified atom stereocenters. The molecule has 6 nitrogen and oxygen atoms in total. The molecule has 2 rings (SSSR count). The van der Waals surface area contributed by atoms with E-state index in [1.54, 1.807) is 12.1 Å². The van der Waals surface area contributed by atoms with Crippen LogP contribution in [0, 0.1) is 5.92 Å². The number of amides is 2. The molecule has 23 heavy (non-hydrogen) atoms. The first-order chi connectivity index (χ1) is 11.0. The molecule has 1 aromatic carbocycles. The zero-order valence-corrected chi connectivity index (χ0v) is 13.0. The van der Waals surface area contributed by atoms with Crippen molar-refractivity contribution in [2.24, 2.45) is 11.7 Å². The van der Waals surface area contributed by atoms with Crippen LogP contribution >= 0.6 is 0 Å². The summed E-state index contributed by atoms with van der Waals surface area (Å²) in [6.45, 7) is 1.53. The van der Waals surface area contributed by atoms with E-state index in [0.717, 1.165) is 12.8 Å². The predicted octanol–water partition coefficient (Wildman–Crippen LogP) is 2.01. The number of carbonyl (C=O) groups excluding carboxylic acids is 3. The second kappa shape index (κ2) is 7.58. The minimum Gasteiger partial charge on any atom is -0.452 e. The maximum atomic E-state index is 12.1. The van der Waals surface area contributed by atoms with E-state index in [-0.39, 0.29) is 11.9 Å². The standard InChI is InChI=1S/C17H20N2O4/c1-11(23-17(22)13-5-3-2-4-6-13)16(21)19-14-9-7-12(8-10-14)15(18)20/h2-3,7-11,13H,4-6H2,1H3,(H2,18,20)(H,19,21)/t11-,13-/m0/s1. The van der Waals surface area contributed by atoms with Crippen molar-refractivity contribution in [1.29, 1.82) is 0 Å². The van der Waals surface area contributed by atoms with Crippen LogP contribution in [0.1, 0.15) is 36.5 Å². The lowest BCUT2D eigenvalue weighted by Gasteiger charge is -2.19. The fraction of sp³-hybridized carbons (Fsp3) is 0.353. The highest BCUT2D eigenvalue weighted by molar-refractivity contribution is 5.96. The molecular formula is C17H20N2O4. The Hall–Kier alpha value is -2.63. The molecule has 2 atom stereocenters. The highest BCUT2D eigenvalue weighted by Crippen LogP contribution is 2.20. The molecule has 3 N–H and O–H groups in total. The molecule has 0 fully saturated rings. The van der Waals surface area contributed by atoms with Crippen LogP contribution in [0.25, 0.3) is 0 Å². The summed E-state index contributed by atoms with van der Waals surface area (Å²) in [6.07, 6.45) is 5.37. The van der Waals surface area contributed by atoms with Crippen molar-refractivity contribution in [3.63, 3.8) is 0 Å². The van der Waals surface area contributed by atoms with Gasteiger partial charge in [-0.2, -0.15) is 0 Å². The summed E-state index contributed by atoms with van der Waals surface area (Å²) in [4.78, 5) is 35.0. The van der Waals surface area contributed by atoms with Gasteiger partial charge in [-0.3, -0.25) is 14.4 Å². The molecule has 0 aliphatic heterocycles. The van der Waals surface area contributed by atoms with Crippen LogP contribution in [0.4, 0.5) is 5.69 Å². The summed E-state index contributed by atoms with van der Waals surface area (Å²) in [6, 6.07) is 6.17. The van der Waals surface area contributed by atoms with Crippen molar-refractivity contribution < 1.29 is 19.1 Å². The lowest BCUT2D eigenvalue weighted by atomic mass is 9.95. The Kier molecular flexibility index (Phi) is 5.51. The Labute approximate surface area is 134 Å². The van der Waals surface area contributed by atoms with Crippen LogP contribution in [-0.4, -0.2) is 23.9 Å². The summed E-state index contributed by atoms with van der Waals surface area (Å²) in [5.41, 5.74) is 6.01. The molecule has 1 aliphatic carbocycles. The van der Waals surface area contributed by atoms with Gasteiger partial charge in [0.1, 0.15) is 0 Å². The molecule has 122 valence electrons. The maximum absolute atomic E-state index is 12.1. The molecule has 0 aromatic heterocycles. The Morgan fingerprint density at radius 3 is 2.48 bits per heavy atom. The second-order valence-electron chi connectivity index (χ2n) is 5.49. The first-order valence-electron chi connectivity index (χ1n) is 7.53. The molecule has 1 aliphatic rings. The van der Waals surface area contributed by atoms with Crippen molar-refractivity contribution in [2.75, 3.05) is 5.32 Å². The molecule has 0 radical (unpaired) electrons. The summed E-state index contributed by atoms with van der Waals surface area (Å²) in [5.74, 6) is -1.48. The van der Waals surface area contributed by atoms with E-state index in [9.17, 15) is 14.4 Å². The van der Waals surface area contributed by atoms with E-state index < -0.39 is 17.9 Å². The number of carbonyl (C=O) groups is 3. The number of anilines is 1. The zero-order chi connectivity index (χ0) is 16.8. The summed E-state index contributed by atoms with van der Waals surface area (Å²) >= 11 is 0. The van der Waals surface area contributed by atoms with Gasteiger partial charge in [0.05, 0.1) is 5.92 Å². The number of nitrogens with two attached hydrogens (primary N) is 1. The van der Waals surface area contributed by atoms with Gasteiger partial charge in [-0.05, 0) is 50.5 Å². The van der Waals surface area contributed by atoms with E-state index in [0.29, 0.717) is 17.7 Å². The molecule has 0 bridgehead atoms. The fourth-order valence-corrected chi connectivity index (χ4v) is 2.29. The van der Waals surface area contributed by atoms with Crippen LogP contribution in [0.15, 0.2) is 36.4 Å². The van der Waals surface area contributed by atoms with Gasteiger partial charge in [-0.1, -0.05) is 12.2 Å². The third kappa shape index (κ3) is 4.67. The number of nitrogens with one attached hydrogen (secondary N) is 1. The number of ether oxygens (including phenoxy) is 1. The summed E-state index contributed by atoms with van der Waals surface area (Å²) < 4.78 is 5.23. The smallest absolute Gasteiger partial charge is 0.310 e. The van der Waals surface area contributed by atoms with E-state index in [2.05, 4.69) is 5.32 Å². The number of benzene rings is 1. The van der Waals surface area contributed by atoms with Gasteiger partial charge in [0, 0.05) is 11.3 Å². The molecule has 6 heteroatoms. The van der Waals surface area contributed by atoms with E-state index >= 15 is 0 Å². The monoisotopic (exact) mass is 316 g/mol. The average Bonchev–Trinajstić information content (AvgIpc) is 2.56. The molecule has 0 saturated carbocycles. The van der Waals surface area contributed by atoms with E-state index in [1.165, 1.54) is 19.1 Å². The van der Waals surface area contributed by atoms with Crippen LogP contribution in [0.2, 0.25) is 0 Å². The van der Waals surface area contributed by atoms with Crippen LogP contribution < -0.4 is 11.1 Å². The minimum atomic E-state index is -0.885. The first-order valence-corrected chi connectivity index (χ1v) is 7.53. The Morgan fingerprint density at radius 2 is 1.91 bits per heavy atom. The number of rotatable bonds is 5. The topological polar surface area (TPSA) is 98.5 Å². The van der Waals surface area contributed by atoms with Crippen LogP contribution in [0.5, 0.6) is 0 Å². The number of hydrogen-bond acceptors (Lipinski definition) is 4. The molecule has 0 saturated heterocycles. The van der Waals surface area contributed by atoms with Gasteiger partial charge in [-0.15, -0.1) is 0 Å². The zero-order valence-electron chi connectivity index (χ0n) is 13.0. The second-order valence-corrected chi connectivity index (χ2v) is 5.49. The van der Waals surface area contributed by atoms with Gasteiger partial charge < -0.3 is 15.8 Å².